The minimum absolute atomic E-state index is 0.0262. The molecule has 34 heavy (non-hydrogen) atoms. The van der Waals surface area contributed by atoms with E-state index in [9.17, 15) is 22.2 Å². The first kappa shape index (κ1) is 26.4. The third-order valence-electron chi connectivity index (χ3n) is 5.97. The average molecular weight is 496 g/mol. The third-order valence-corrected chi connectivity index (χ3v) is 7.66. The quantitative estimate of drug-likeness (QED) is 0.334. The van der Waals surface area contributed by atoms with E-state index in [0.29, 0.717) is 24.2 Å². The number of Topliss-reactive ketones (excluding diaryl/α,β-unsaturated/α-hetero) is 1. The fraction of sp³-hybridized carbons (Fsp3) is 0.500. The van der Waals surface area contributed by atoms with E-state index in [1.165, 1.54) is 0 Å². The van der Waals surface area contributed by atoms with E-state index in [2.05, 4.69) is 4.72 Å². The van der Waals surface area contributed by atoms with Crippen molar-refractivity contribution >= 4 is 16.8 Å². The van der Waals surface area contributed by atoms with Crippen molar-refractivity contribution in [3.05, 3.63) is 64.7 Å². The Bertz CT molecular complexity index is 1040. The summed E-state index contributed by atoms with van der Waals surface area (Å²) in [4.78, 5) is 13.2. The Labute approximate surface area is 201 Å². The molecule has 0 spiro atoms. The van der Waals surface area contributed by atoms with E-state index < -0.39 is 33.9 Å². The van der Waals surface area contributed by atoms with Crippen molar-refractivity contribution in [3.63, 3.8) is 0 Å². The predicted octanol–water partition coefficient (Wildman–Crippen LogP) is 6.18. The Kier molecular flexibility index (Phi) is 7.92. The molecule has 2 aromatic rings. The largest absolute Gasteiger partial charge is 0.494 e. The highest BCUT2D eigenvalue weighted by Crippen LogP contribution is 2.42. The van der Waals surface area contributed by atoms with Crippen LogP contribution >= 0.6 is 0 Å². The highest BCUT2D eigenvalue weighted by Gasteiger charge is 2.43. The van der Waals surface area contributed by atoms with Crippen molar-refractivity contribution in [1.82, 2.24) is 4.72 Å². The van der Waals surface area contributed by atoms with Crippen LogP contribution in [0.4, 0.5) is 13.2 Å². The van der Waals surface area contributed by atoms with Gasteiger partial charge in [-0.25, -0.2) is 8.93 Å². The fourth-order valence-corrected chi connectivity index (χ4v) is 5.00. The molecule has 0 aliphatic heterocycles. The van der Waals surface area contributed by atoms with Gasteiger partial charge in [0.1, 0.15) is 5.75 Å². The molecule has 0 fully saturated rings. The summed E-state index contributed by atoms with van der Waals surface area (Å²) in [6, 6.07) is 12.8. The van der Waals surface area contributed by atoms with Crippen LogP contribution in [-0.2, 0) is 22.9 Å². The third kappa shape index (κ3) is 6.69. The van der Waals surface area contributed by atoms with E-state index >= 15 is 0 Å². The molecule has 8 heteroatoms. The van der Waals surface area contributed by atoms with Crippen LogP contribution in [0.15, 0.2) is 42.5 Å². The van der Waals surface area contributed by atoms with Crippen molar-refractivity contribution in [1.29, 1.82) is 0 Å². The van der Waals surface area contributed by atoms with Crippen LogP contribution in [0.5, 0.6) is 5.75 Å². The summed E-state index contributed by atoms with van der Waals surface area (Å²) in [5, 5.41) is 0. The number of alkyl halides is 3. The number of hydrogen-bond donors (Lipinski definition) is 1. The molecule has 1 unspecified atom stereocenters. The van der Waals surface area contributed by atoms with Crippen LogP contribution in [0, 0.1) is 6.92 Å². The van der Waals surface area contributed by atoms with Gasteiger partial charge in [-0.05, 0) is 70.2 Å². The number of aryl methyl sites for hydroxylation is 2. The summed E-state index contributed by atoms with van der Waals surface area (Å²) in [5.41, 5.74) is 2.69. The number of halogens is 3. The molecule has 2 atom stereocenters. The topological polar surface area (TPSA) is 55.4 Å². The summed E-state index contributed by atoms with van der Waals surface area (Å²) < 4.78 is 58.5. The van der Waals surface area contributed by atoms with Gasteiger partial charge in [0.05, 0.1) is 27.9 Å². The van der Waals surface area contributed by atoms with Gasteiger partial charge in [0.15, 0.2) is 5.78 Å². The number of ketones is 1. The maximum atomic E-state index is 13.2. The second kappa shape index (κ2) is 10.2. The van der Waals surface area contributed by atoms with Crippen molar-refractivity contribution in [2.24, 2.45) is 0 Å². The maximum Gasteiger partial charge on any atom is 0.389 e. The number of benzene rings is 2. The molecule has 186 valence electrons. The lowest BCUT2D eigenvalue weighted by molar-refractivity contribution is -0.136. The highest BCUT2D eigenvalue weighted by molar-refractivity contribution is 7.84. The van der Waals surface area contributed by atoms with Crippen LogP contribution in [0.25, 0.3) is 0 Å². The van der Waals surface area contributed by atoms with Gasteiger partial charge in [-0.1, -0.05) is 35.9 Å². The van der Waals surface area contributed by atoms with Gasteiger partial charge in [-0.2, -0.15) is 13.2 Å². The summed E-state index contributed by atoms with van der Waals surface area (Å²) in [6.07, 6.45) is -3.81. The molecule has 2 aromatic carbocycles. The van der Waals surface area contributed by atoms with Crippen LogP contribution in [0.2, 0.25) is 0 Å². The average Bonchev–Trinajstić information content (AvgIpc) is 3.07. The lowest BCUT2D eigenvalue weighted by atomic mass is 9.86. The van der Waals surface area contributed by atoms with Crippen molar-refractivity contribution < 1.29 is 26.9 Å². The summed E-state index contributed by atoms with van der Waals surface area (Å²) >= 11 is 0. The number of nitrogens with one attached hydrogen (secondary N) is 1. The number of carbonyl (C=O) groups excluding carboxylic acids is 1. The summed E-state index contributed by atoms with van der Waals surface area (Å²) in [5.74, 6) is 0.456. The van der Waals surface area contributed by atoms with Crippen molar-refractivity contribution in [2.45, 2.75) is 76.3 Å². The molecule has 0 heterocycles. The first-order valence-electron chi connectivity index (χ1n) is 11.4. The van der Waals surface area contributed by atoms with Gasteiger partial charge in [0.2, 0.25) is 0 Å². The zero-order valence-electron chi connectivity index (χ0n) is 20.1. The lowest BCUT2D eigenvalue weighted by Gasteiger charge is -2.34. The van der Waals surface area contributed by atoms with Crippen LogP contribution in [0.3, 0.4) is 0 Å². The fourth-order valence-electron chi connectivity index (χ4n) is 4.05. The van der Waals surface area contributed by atoms with Crippen LogP contribution in [-0.4, -0.2) is 27.5 Å². The minimum atomic E-state index is -4.20. The van der Waals surface area contributed by atoms with E-state index in [1.54, 1.807) is 18.2 Å². The Hall–Kier alpha value is -2.19. The predicted molar refractivity (Wildman–Crippen MR) is 128 cm³/mol. The van der Waals surface area contributed by atoms with Gasteiger partial charge < -0.3 is 4.74 Å². The van der Waals surface area contributed by atoms with E-state index in [0.717, 1.165) is 16.7 Å². The molecule has 1 N–H and O–H groups in total. The Morgan fingerprint density at radius 2 is 1.79 bits per heavy atom. The molecule has 3 rings (SSSR count). The molecule has 0 bridgehead atoms. The van der Waals surface area contributed by atoms with E-state index in [1.807, 2.05) is 52.0 Å². The van der Waals surface area contributed by atoms with E-state index in [4.69, 9.17) is 4.74 Å². The molecule has 0 radical (unpaired) electrons. The molecule has 1 aliphatic rings. The zero-order chi connectivity index (χ0) is 25.1. The smallest absolute Gasteiger partial charge is 0.389 e. The molecule has 0 saturated heterocycles. The number of fused-ring (bicyclic) bond motifs is 1. The Morgan fingerprint density at radius 1 is 1.12 bits per heavy atom. The molecule has 1 aliphatic carbocycles. The first-order chi connectivity index (χ1) is 15.8. The second-order valence-electron chi connectivity index (χ2n) is 9.92. The lowest BCUT2D eigenvalue weighted by Crippen LogP contribution is -2.48. The highest BCUT2D eigenvalue weighted by atomic mass is 32.2. The molecule has 4 nitrogen and oxygen atoms in total. The first-order valence-corrected chi connectivity index (χ1v) is 12.6. The van der Waals surface area contributed by atoms with Crippen LogP contribution in [0.1, 0.15) is 73.5 Å². The van der Waals surface area contributed by atoms with Gasteiger partial charge in [-0.15, -0.1) is 0 Å². The Morgan fingerprint density at radius 3 is 2.41 bits per heavy atom. The van der Waals surface area contributed by atoms with Crippen LogP contribution < -0.4 is 9.46 Å². The van der Waals surface area contributed by atoms with Gasteiger partial charge >= 0.3 is 6.18 Å². The normalized spacial score (nSPS) is 19.0. The number of carbonyl (C=O) groups is 1. The number of ether oxygens (including phenoxy) is 1. The number of rotatable bonds is 9. The molecule has 0 saturated carbocycles. The summed E-state index contributed by atoms with van der Waals surface area (Å²) in [7, 11) is -1.41. The molecule has 0 amide bonds. The Balaban J connectivity index is 1.84. The second-order valence-corrected chi connectivity index (χ2v) is 11.9. The van der Waals surface area contributed by atoms with E-state index in [-0.39, 0.29) is 25.2 Å². The van der Waals surface area contributed by atoms with Crippen molar-refractivity contribution in [2.75, 3.05) is 6.61 Å². The molecular weight excluding hydrogens is 463 g/mol. The van der Waals surface area contributed by atoms with Gasteiger partial charge in [-0.3, -0.25) is 4.79 Å². The monoisotopic (exact) mass is 495 g/mol. The SMILES string of the molecule is Cc1ccc(C(=O)C[C@@]2(NS(=O)C(C)(C)C)CCc3cc(OCCCC(F)(F)F)ccc32)cc1. The molecule has 0 aromatic heterocycles. The standard InChI is InChI=1S/C26H32F3NO3S/c1-18-6-8-19(9-7-18)23(31)17-25(30-34(32)24(2,3)4)14-12-20-16-21(10-11-22(20)25)33-15-5-13-26(27,28)29/h6-11,16,30H,5,12-15,17H2,1-4H3/t25-,34?/m0/s1. The maximum absolute atomic E-state index is 13.2. The summed E-state index contributed by atoms with van der Waals surface area (Å²) in [6.45, 7) is 7.56. The molecular formula is C26H32F3NO3S. The number of hydrogen-bond acceptors (Lipinski definition) is 3. The van der Waals surface area contributed by atoms with Gasteiger partial charge in [0, 0.05) is 18.4 Å². The zero-order valence-corrected chi connectivity index (χ0v) is 20.9. The van der Waals surface area contributed by atoms with Crippen molar-refractivity contribution in [3.8, 4) is 5.75 Å². The van der Waals surface area contributed by atoms with Gasteiger partial charge in [0.25, 0.3) is 0 Å². The minimum Gasteiger partial charge on any atom is -0.494 e.